The Bertz CT molecular complexity index is 911. The minimum Gasteiger partial charge on any atom is -0.475 e. The Morgan fingerprint density at radius 1 is 1.22 bits per heavy atom. The molecule has 1 aromatic rings. The molecular formula is C19H21ClF3NO8. The van der Waals surface area contributed by atoms with Gasteiger partial charge < -0.3 is 14.2 Å². The third kappa shape index (κ3) is 6.33. The Balaban J connectivity index is 2.24. The Morgan fingerprint density at radius 3 is 2.38 bits per heavy atom. The zero-order chi connectivity index (χ0) is 24.4. The van der Waals surface area contributed by atoms with Crippen LogP contribution in [-0.2, 0) is 29.3 Å². The normalized spacial score (nSPS) is 17.2. The molecule has 9 nitrogen and oxygen atoms in total. The largest absolute Gasteiger partial charge is 0.475 e. The lowest BCUT2D eigenvalue weighted by atomic mass is 9.85. The summed E-state index contributed by atoms with van der Waals surface area (Å²) in [5.41, 5.74) is -0.645. The molecule has 0 spiro atoms. The molecule has 1 unspecified atom stereocenters. The summed E-state index contributed by atoms with van der Waals surface area (Å²) in [6.07, 6.45) is -8.13. The van der Waals surface area contributed by atoms with Crippen molar-refractivity contribution in [3.05, 3.63) is 33.9 Å². The summed E-state index contributed by atoms with van der Waals surface area (Å²) >= 11 is 6.25. The average Bonchev–Trinajstić information content (AvgIpc) is 2.64. The number of rotatable bonds is 6. The van der Waals surface area contributed by atoms with Gasteiger partial charge in [-0.3, -0.25) is 10.4 Å². The molecule has 0 radical (unpaired) electrons. The number of hydrogen-bond donors (Lipinski definition) is 2. The molecule has 1 aromatic carbocycles. The second-order valence-corrected chi connectivity index (χ2v) is 8.18. The highest BCUT2D eigenvalue weighted by Gasteiger charge is 2.49. The average molecular weight is 484 g/mol. The number of esters is 2. The fourth-order valence-corrected chi connectivity index (χ4v) is 3.18. The first-order chi connectivity index (χ1) is 14.6. The predicted molar refractivity (Wildman–Crippen MR) is 102 cm³/mol. The molecule has 2 atom stereocenters. The van der Waals surface area contributed by atoms with Crippen LogP contribution in [0, 0.1) is 0 Å². The summed E-state index contributed by atoms with van der Waals surface area (Å²) in [5.74, 6) is -2.73. The van der Waals surface area contributed by atoms with Crippen LogP contribution < -0.4 is 4.74 Å². The predicted octanol–water partition coefficient (Wildman–Crippen LogP) is 3.79. The third-order valence-corrected chi connectivity index (χ3v) is 4.57. The van der Waals surface area contributed by atoms with Gasteiger partial charge in [0.1, 0.15) is 5.75 Å². The summed E-state index contributed by atoms with van der Waals surface area (Å²) in [7, 11) is 0. The van der Waals surface area contributed by atoms with Crippen LogP contribution in [0.15, 0.2) is 17.7 Å². The molecule has 0 aliphatic carbocycles. The number of benzene rings is 1. The second kappa shape index (κ2) is 9.63. The molecule has 0 amide bonds. The van der Waals surface area contributed by atoms with Crippen LogP contribution in [0.5, 0.6) is 5.75 Å². The van der Waals surface area contributed by atoms with Gasteiger partial charge in [0.15, 0.2) is 6.10 Å². The molecule has 0 fully saturated rings. The Morgan fingerprint density at radius 2 is 1.84 bits per heavy atom. The van der Waals surface area contributed by atoms with E-state index < -0.39 is 53.5 Å². The van der Waals surface area contributed by atoms with Crippen molar-refractivity contribution < 1.29 is 52.2 Å². The van der Waals surface area contributed by atoms with Gasteiger partial charge in [-0.15, -0.1) is 0 Å². The number of carbonyl (C=O) groups excluding carboxylic acids is 2. The highest BCUT2D eigenvalue weighted by atomic mass is 35.5. The van der Waals surface area contributed by atoms with Crippen LogP contribution in [0.4, 0.5) is 13.2 Å². The summed E-state index contributed by atoms with van der Waals surface area (Å²) in [4.78, 5) is 28.0. The molecule has 0 saturated heterocycles. The molecule has 1 heterocycles. The van der Waals surface area contributed by atoms with Crippen molar-refractivity contribution in [2.45, 2.75) is 51.5 Å². The van der Waals surface area contributed by atoms with E-state index in [0.29, 0.717) is 5.56 Å². The SMILES string of the molecule is CC(ON(O)O)C(=O)OCOC(=O)C1=Cc2cc(Cl)c(C(C)(C)C)cc2O[C@@H]1C(F)(F)F. The molecule has 1 aliphatic rings. The summed E-state index contributed by atoms with van der Waals surface area (Å²) in [6, 6.07) is 2.77. The first-order valence-corrected chi connectivity index (χ1v) is 9.46. The van der Waals surface area contributed by atoms with Gasteiger partial charge in [0.2, 0.25) is 12.9 Å². The van der Waals surface area contributed by atoms with Crippen molar-refractivity contribution in [3.63, 3.8) is 0 Å². The van der Waals surface area contributed by atoms with E-state index in [4.69, 9.17) is 26.8 Å². The lowest BCUT2D eigenvalue weighted by Crippen LogP contribution is -2.41. The zero-order valence-corrected chi connectivity index (χ0v) is 18.2. The minimum absolute atomic E-state index is 0.104. The van der Waals surface area contributed by atoms with Crippen molar-refractivity contribution in [3.8, 4) is 5.75 Å². The van der Waals surface area contributed by atoms with E-state index in [1.165, 1.54) is 12.1 Å². The number of fused-ring (bicyclic) bond motifs is 1. The van der Waals surface area contributed by atoms with Crippen molar-refractivity contribution in [2.75, 3.05) is 6.79 Å². The van der Waals surface area contributed by atoms with Gasteiger partial charge >= 0.3 is 18.1 Å². The van der Waals surface area contributed by atoms with Gasteiger partial charge in [-0.25, -0.2) is 14.4 Å². The number of hydrogen-bond acceptors (Lipinski definition) is 9. The molecule has 0 saturated carbocycles. The molecule has 178 valence electrons. The van der Waals surface area contributed by atoms with Crippen molar-refractivity contribution in [1.82, 2.24) is 5.39 Å². The zero-order valence-electron chi connectivity index (χ0n) is 17.4. The molecular weight excluding hydrogens is 463 g/mol. The van der Waals surface area contributed by atoms with E-state index in [2.05, 4.69) is 14.3 Å². The Kier molecular flexibility index (Phi) is 7.79. The third-order valence-electron chi connectivity index (χ3n) is 4.25. The fourth-order valence-electron chi connectivity index (χ4n) is 2.73. The number of ether oxygens (including phenoxy) is 3. The number of nitrogens with zero attached hydrogens (tertiary/aromatic N) is 1. The Hall–Kier alpha value is -2.38. The van der Waals surface area contributed by atoms with Crippen molar-refractivity contribution in [2.24, 2.45) is 0 Å². The molecule has 32 heavy (non-hydrogen) atoms. The molecule has 0 bridgehead atoms. The second-order valence-electron chi connectivity index (χ2n) is 7.77. The maximum atomic E-state index is 13.6. The van der Waals surface area contributed by atoms with Gasteiger partial charge in [0, 0.05) is 10.6 Å². The van der Waals surface area contributed by atoms with E-state index in [9.17, 15) is 22.8 Å². The monoisotopic (exact) mass is 483 g/mol. The highest BCUT2D eigenvalue weighted by molar-refractivity contribution is 6.31. The first kappa shape index (κ1) is 25.9. The van der Waals surface area contributed by atoms with Crippen LogP contribution in [0.3, 0.4) is 0 Å². The van der Waals surface area contributed by atoms with Gasteiger partial charge in [-0.1, -0.05) is 32.4 Å². The van der Waals surface area contributed by atoms with Crippen LogP contribution in [0.1, 0.15) is 38.8 Å². The van der Waals surface area contributed by atoms with E-state index in [1.807, 2.05) is 20.8 Å². The van der Waals surface area contributed by atoms with Gasteiger partial charge in [-0.2, -0.15) is 13.2 Å². The lowest BCUT2D eigenvalue weighted by Gasteiger charge is -2.30. The van der Waals surface area contributed by atoms with Gasteiger partial charge in [0.05, 0.1) is 11.0 Å². The van der Waals surface area contributed by atoms with E-state index >= 15 is 0 Å². The van der Waals surface area contributed by atoms with E-state index in [-0.39, 0.29) is 16.3 Å². The van der Waals surface area contributed by atoms with Crippen LogP contribution >= 0.6 is 11.6 Å². The number of carbonyl (C=O) groups is 2. The summed E-state index contributed by atoms with van der Waals surface area (Å²) < 4.78 is 54.9. The van der Waals surface area contributed by atoms with Crippen molar-refractivity contribution in [1.29, 1.82) is 0 Å². The van der Waals surface area contributed by atoms with E-state index in [0.717, 1.165) is 13.0 Å². The van der Waals surface area contributed by atoms with Gasteiger partial charge in [0.25, 0.3) is 0 Å². The summed E-state index contributed by atoms with van der Waals surface area (Å²) in [6.45, 7) is 5.51. The fraction of sp³-hybridized carbons (Fsp3) is 0.474. The topological polar surface area (TPSA) is 115 Å². The molecule has 0 aromatic heterocycles. The minimum atomic E-state index is -4.95. The maximum absolute atomic E-state index is 13.6. The quantitative estimate of drug-likeness (QED) is 0.354. The number of halogens is 4. The molecule has 2 N–H and O–H groups in total. The van der Waals surface area contributed by atoms with Crippen LogP contribution in [-0.4, -0.2) is 52.9 Å². The van der Waals surface area contributed by atoms with Gasteiger partial charge in [-0.05, 0) is 36.1 Å². The maximum Gasteiger partial charge on any atom is 0.430 e. The molecule has 13 heteroatoms. The summed E-state index contributed by atoms with van der Waals surface area (Å²) in [5, 5.41) is 16.5. The number of alkyl halides is 3. The highest BCUT2D eigenvalue weighted by Crippen LogP contribution is 2.42. The van der Waals surface area contributed by atoms with E-state index in [1.54, 1.807) is 0 Å². The first-order valence-electron chi connectivity index (χ1n) is 9.08. The lowest BCUT2D eigenvalue weighted by molar-refractivity contribution is -0.500. The molecule has 2 rings (SSSR count). The standard InChI is InChI=1S/C19H21ClF3NO8/c1-9(32-24(27)28)16(25)29-8-30-17(26)11-5-10-6-13(20)12(18(2,3)4)7-14(10)31-15(11)19(21,22)23/h5-7,9,15,27-28H,8H2,1-4H3/t9?,15-/m0/s1. The van der Waals surface area contributed by atoms with Crippen molar-refractivity contribution >= 4 is 29.6 Å². The van der Waals surface area contributed by atoms with Crippen LogP contribution in [0.25, 0.3) is 6.08 Å². The Labute approximate surface area is 185 Å². The van der Waals surface area contributed by atoms with Crippen LogP contribution in [0.2, 0.25) is 5.02 Å². The smallest absolute Gasteiger partial charge is 0.430 e. The molecule has 1 aliphatic heterocycles.